The van der Waals surface area contributed by atoms with Crippen LogP contribution in [0.25, 0.3) is 0 Å². The number of ketones is 1. The van der Waals surface area contributed by atoms with E-state index in [1.165, 1.54) is 51.4 Å². The molecule has 0 aromatic carbocycles. The van der Waals surface area contributed by atoms with Gasteiger partial charge in [-0.15, -0.1) is 0 Å². The van der Waals surface area contributed by atoms with Crippen LogP contribution < -0.4 is 0 Å². The van der Waals surface area contributed by atoms with Crippen molar-refractivity contribution in [3.05, 3.63) is 0 Å². The molecule has 112 valence electrons. The number of Topliss-reactive ketones (excluding diaryl/α,β-unsaturated/α-hetero) is 1. The van der Waals surface area contributed by atoms with Gasteiger partial charge in [0.1, 0.15) is 5.78 Å². The Kier molecular flexibility index (Phi) is 2.89. The summed E-state index contributed by atoms with van der Waals surface area (Å²) in [6.07, 6.45) is 13.3. The lowest BCUT2D eigenvalue weighted by atomic mass is 9.45. The highest BCUT2D eigenvalue weighted by Crippen LogP contribution is 2.65. The molecular weight excluding hydrogens is 244 g/mol. The Balaban J connectivity index is 1.65. The fraction of sp³-hybridized carbons (Fsp3) is 0.947. The summed E-state index contributed by atoms with van der Waals surface area (Å²) in [7, 11) is 0. The molecule has 0 N–H and O–H groups in total. The zero-order chi connectivity index (χ0) is 14.0. The monoisotopic (exact) mass is 274 g/mol. The van der Waals surface area contributed by atoms with E-state index in [1.807, 2.05) is 0 Å². The average molecular weight is 274 g/mol. The normalized spacial score (nSPS) is 55.0. The molecule has 1 nitrogen and oxygen atoms in total. The number of hydrogen-bond acceptors (Lipinski definition) is 1. The summed E-state index contributed by atoms with van der Waals surface area (Å²) in [5, 5.41) is 0. The molecule has 0 radical (unpaired) electrons. The van der Waals surface area contributed by atoms with Crippen molar-refractivity contribution in [3.8, 4) is 0 Å². The first-order valence-corrected chi connectivity index (χ1v) is 9.05. The van der Waals surface area contributed by atoms with Crippen molar-refractivity contribution in [2.24, 2.45) is 34.5 Å². The van der Waals surface area contributed by atoms with Gasteiger partial charge in [0, 0.05) is 12.8 Å². The van der Waals surface area contributed by atoms with Crippen LogP contribution >= 0.6 is 0 Å². The van der Waals surface area contributed by atoms with Gasteiger partial charge in [-0.25, -0.2) is 0 Å². The van der Waals surface area contributed by atoms with Crippen molar-refractivity contribution in [3.63, 3.8) is 0 Å². The van der Waals surface area contributed by atoms with Gasteiger partial charge in [-0.3, -0.25) is 4.79 Å². The lowest BCUT2D eigenvalue weighted by Crippen LogP contribution is -2.51. The third-order valence-electron chi connectivity index (χ3n) is 8.15. The molecule has 4 aliphatic rings. The van der Waals surface area contributed by atoms with Crippen LogP contribution in [0.5, 0.6) is 0 Å². The smallest absolute Gasteiger partial charge is 0.133 e. The largest absolute Gasteiger partial charge is 0.300 e. The summed E-state index contributed by atoms with van der Waals surface area (Å²) < 4.78 is 0. The third-order valence-corrected chi connectivity index (χ3v) is 8.15. The second-order valence-corrected chi connectivity index (χ2v) is 9.01. The molecule has 0 heterocycles. The van der Waals surface area contributed by atoms with E-state index in [0.29, 0.717) is 16.6 Å². The molecule has 4 aliphatic carbocycles. The van der Waals surface area contributed by atoms with Gasteiger partial charge in [0.2, 0.25) is 0 Å². The number of hydrogen-bond donors (Lipinski definition) is 0. The van der Waals surface area contributed by atoms with Crippen molar-refractivity contribution in [1.82, 2.24) is 0 Å². The van der Waals surface area contributed by atoms with Gasteiger partial charge in [-0.1, -0.05) is 26.7 Å². The van der Waals surface area contributed by atoms with E-state index in [4.69, 9.17) is 0 Å². The minimum atomic E-state index is 0.371. The summed E-state index contributed by atoms with van der Waals surface area (Å²) in [4.78, 5) is 12.1. The van der Waals surface area contributed by atoms with Crippen LogP contribution in [0.2, 0.25) is 0 Å². The van der Waals surface area contributed by atoms with E-state index >= 15 is 0 Å². The minimum Gasteiger partial charge on any atom is -0.300 e. The van der Waals surface area contributed by atoms with Crippen molar-refractivity contribution < 1.29 is 4.79 Å². The highest BCUT2D eigenvalue weighted by atomic mass is 16.1. The number of rotatable bonds is 0. The van der Waals surface area contributed by atoms with E-state index in [0.717, 1.165) is 36.5 Å². The summed E-state index contributed by atoms with van der Waals surface area (Å²) in [5.74, 6) is 4.10. The molecule has 4 saturated carbocycles. The predicted octanol–water partition coefficient (Wildman–Crippen LogP) is 4.99. The lowest BCUT2D eigenvalue weighted by molar-refractivity contribution is -0.118. The Bertz CT molecular complexity index is 427. The zero-order valence-corrected chi connectivity index (χ0v) is 13.3. The lowest BCUT2D eigenvalue weighted by Gasteiger charge is -2.59. The summed E-state index contributed by atoms with van der Waals surface area (Å²) in [6, 6.07) is 0. The Hall–Kier alpha value is -0.330. The van der Waals surface area contributed by atoms with Crippen LogP contribution in [-0.2, 0) is 4.79 Å². The summed E-state index contributed by atoms with van der Waals surface area (Å²) >= 11 is 0. The Morgan fingerprint density at radius 1 is 0.950 bits per heavy atom. The van der Waals surface area contributed by atoms with Gasteiger partial charge in [-0.05, 0) is 73.0 Å². The first-order chi connectivity index (χ1) is 9.53. The molecule has 6 atom stereocenters. The highest BCUT2D eigenvalue weighted by molar-refractivity contribution is 5.82. The molecule has 4 fully saturated rings. The van der Waals surface area contributed by atoms with Crippen LogP contribution in [0.15, 0.2) is 0 Å². The van der Waals surface area contributed by atoms with Crippen molar-refractivity contribution in [1.29, 1.82) is 0 Å². The molecule has 0 aromatic rings. The van der Waals surface area contributed by atoms with Crippen LogP contribution in [-0.4, -0.2) is 5.78 Å². The molecule has 4 rings (SSSR count). The predicted molar refractivity (Wildman–Crippen MR) is 81.4 cm³/mol. The molecule has 20 heavy (non-hydrogen) atoms. The molecule has 0 bridgehead atoms. The first kappa shape index (κ1) is 13.3. The Morgan fingerprint density at radius 2 is 1.80 bits per heavy atom. The first-order valence-electron chi connectivity index (χ1n) is 9.05. The van der Waals surface area contributed by atoms with Gasteiger partial charge in [0.05, 0.1) is 0 Å². The SMILES string of the molecule is C[C@]12CC[C@@H]3[C@H](CC[C@H]4CCCC[C@@]43C)[C@H]1CC(=O)C2. The molecule has 0 unspecified atom stereocenters. The third kappa shape index (κ3) is 1.70. The maximum atomic E-state index is 12.1. The standard InChI is InChI=1S/C19H30O/c1-18-10-8-16-15(17(18)11-14(20)12-18)7-6-13-5-3-4-9-19(13,16)2/h13,15-17H,3-12H2,1-2H3/t13-,15+,16-,17-,18-,19+/m1/s1. The van der Waals surface area contributed by atoms with Crippen molar-refractivity contribution in [2.45, 2.75) is 78.1 Å². The van der Waals surface area contributed by atoms with Crippen molar-refractivity contribution in [2.75, 3.05) is 0 Å². The Labute approximate surface area is 123 Å². The molecule has 0 saturated heterocycles. The topological polar surface area (TPSA) is 17.1 Å². The van der Waals surface area contributed by atoms with Crippen LogP contribution in [0.1, 0.15) is 78.1 Å². The van der Waals surface area contributed by atoms with Gasteiger partial charge < -0.3 is 0 Å². The van der Waals surface area contributed by atoms with Crippen LogP contribution in [0.3, 0.4) is 0 Å². The van der Waals surface area contributed by atoms with E-state index in [1.54, 1.807) is 0 Å². The molecule has 1 heteroatoms. The molecule has 0 amide bonds. The second kappa shape index (κ2) is 4.34. The van der Waals surface area contributed by atoms with Gasteiger partial charge in [0.25, 0.3) is 0 Å². The molecule has 0 aromatic heterocycles. The fourth-order valence-corrected chi connectivity index (χ4v) is 7.07. The maximum absolute atomic E-state index is 12.1. The van der Waals surface area contributed by atoms with Crippen molar-refractivity contribution >= 4 is 5.78 Å². The van der Waals surface area contributed by atoms with E-state index in [2.05, 4.69) is 13.8 Å². The van der Waals surface area contributed by atoms with Gasteiger partial charge >= 0.3 is 0 Å². The highest BCUT2D eigenvalue weighted by Gasteiger charge is 2.58. The number of carbonyl (C=O) groups is 1. The quantitative estimate of drug-likeness (QED) is 0.608. The van der Waals surface area contributed by atoms with E-state index < -0.39 is 0 Å². The molecule has 0 aliphatic heterocycles. The molecular formula is C19H30O. The van der Waals surface area contributed by atoms with Gasteiger partial charge in [0.15, 0.2) is 0 Å². The maximum Gasteiger partial charge on any atom is 0.133 e. The number of carbonyl (C=O) groups excluding carboxylic acids is 1. The zero-order valence-electron chi connectivity index (χ0n) is 13.3. The fourth-order valence-electron chi connectivity index (χ4n) is 7.07. The summed E-state index contributed by atoms with van der Waals surface area (Å²) in [5.41, 5.74) is 0.990. The van der Waals surface area contributed by atoms with Crippen LogP contribution in [0, 0.1) is 34.5 Å². The van der Waals surface area contributed by atoms with Gasteiger partial charge in [-0.2, -0.15) is 0 Å². The molecule has 0 spiro atoms. The van der Waals surface area contributed by atoms with Crippen LogP contribution in [0.4, 0.5) is 0 Å². The van der Waals surface area contributed by atoms with E-state index in [-0.39, 0.29) is 0 Å². The Morgan fingerprint density at radius 3 is 2.65 bits per heavy atom. The second-order valence-electron chi connectivity index (χ2n) is 9.01. The van der Waals surface area contributed by atoms with E-state index in [9.17, 15) is 4.79 Å². The average Bonchev–Trinajstić information content (AvgIpc) is 2.72. The summed E-state index contributed by atoms with van der Waals surface area (Å²) in [6.45, 7) is 5.04. The number of fused-ring (bicyclic) bond motifs is 5. The minimum absolute atomic E-state index is 0.371.